The smallest absolute Gasteiger partial charge is 0.263 e. The molecule has 4 rings (SSSR count). The van der Waals surface area contributed by atoms with Crippen LogP contribution in [0.3, 0.4) is 0 Å². The number of thiophene rings is 1. The normalized spacial score (nSPS) is 22.2. The molecule has 21 heavy (non-hydrogen) atoms. The lowest BCUT2D eigenvalue weighted by Gasteiger charge is -2.20. The highest BCUT2D eigenvalue weighted by molar-refractivity contribution is 7.71. The van der Waals surface area contributed by atoms with Crippen molar-refractivity contribution in [2.75, 3.05) is 13.6 Å². The average molecular weight is 321 g/mol. The molecule has 1 aliphatic carbocycles. The van der Waals surface area contributed by atoms with Gasteiger partial charge in [-0.1, -0.05) is 0 Å². The minimum absolute atomic E-state index is 0.119. The zero-order valence-corrected chi connectivity index (χ0v) is 13.8. The first-order valence-corrected chi connectivity index (χ1v) is 8.85. The molecule has 0 saturated carbocycles. The number of hydrogen-bond donors (Lipinski definition) is 1. The number of nitrogens with one attached hydrogen (secondary N) is 1. The van der Waals surface area contributed by atoms with E-state index in [9.17, 15) is 4.79 Å². The van der Waals surface area contributed by atoms with Gasteiger partial charge in [-0.15, -0.1) is 11.3 Å². The van der Waals surface area contributed by atoms with Crippen molar-refractivity contribution >= 4 is 33.8 Å². The summed E-state index contributed by atoms with van der Waals surface area (Å²) in [6.45, 7) is 1.83. The van der Waals surface area contributed by atoms with Crippen LogP contribution in [0.1, 0.15) is 29.7 Å². The molecule has 0 amide bonds. The maximum absolute atomic E-state index is 12.9. The van der Waals surface area contributed by atoms with Crippen molar-refractivity contribution in [3.8, 4) is 0 Å². The van der Waals surface area contributed by atoms with Crippen molar-refractivity contribution in [3.05, 3.63) is 25.6 Å². The van der Waals surface area contributed by atoms with Gasteiger partial charge in [0.25, 0.3) is 5.56 Å². The summed E-state index contributed by atoms with van der Waals surface area (Å²) in [5.41, 5.74) is 1.40. The topological polar surface area (TPSA) is 41.0 Å². The first-order valence-electron chi connectivity index (χ1n) is 7.63. The summed E-state index contributed by atoms with van der Waals surface area (Å²) < 4.78 is 2.36. The van der Waals surface area contributed by atoms with Gasteiger partial charge in [-0.05, 0) is 63.5 Å². The van der Waals surface area contributed by atoms with Gasteiger partial charge in [-0.25, -0.2) is 0 Å². The van der Waals surface area contributed by atoms with Gasteiger partial charge in [0.05, 0.1) is 5.39 Å². The van der Waals surface area contributed by atoms with Crippen LogP contribution >= 0.6 is 23.6 Å². The van der Waals surface area contributed by atoms with E-state index in [1.807, 2.05) is 0 Å². The second-order valence-electron chi connectivity index (χ2n) is 6.18. The maximum Gasteiger partial charge on any atom is 0.263 e. The lowest BCUT2D eigenvalue weighted by atomic mass is 10.2. The van der Waals surface area contributed by atoms with Gasteiger partial charge in [-0.3, -0.25) is 9.36 Å². The van der Waals surface area contributed by atoms with Gasteiger partial charge in [0.15, 0.2) is 4.77 Å². The summed E-state index contributed by atoms with van der Waals surface area (Å²) in [7, 11) is 2.14. The molecule has 0 spiro atoms. The SMILES string of the molecule is CN1CCCC1Cn1c(=S)[nH]c2sc3c(c2c1=O)CCC3. The highest BCUT2D eigenvalue weighted by Gasteiger charge is 2.25. The van der Waals surface area contributed by atoms with E-state index >= 15 is 0 Å². The van der Waals surface area contributed by atoms with E-state index < -0.39 is 0 Å². The van der Waals surface area contributed by atoms with Crippen LogP contribution in [0.25, 0.3) is 10.2 Å². The molecule has 2 aromatic rings. The Morgan fingerprint density at radius 1 is 1.38 bits per heavy atom. The number of rotatable bonds is 2. The lowest BCUT2D eigenvalue weighted by Crippen LogP contribution is -2.34. The highest BCUT2D eigenvalue weighted by atomic mass is 32.1. The molecule has 1 atom stereocenters. The summed E-state index contributed by atoms with van der Waals surface area (Å²) in [6, 6.07) is 0.432. The lowest BCUT2D eigenvalue weighted by molar-refractivity contribution is 0.278. The summed E-state index contributed by atoms with van der Waals surface area (Å²) in [5.74, 6) is 0. The van der Waals surface area contributed by atoms with E-state index in [0.29, 0.717) is 17.4 Å². The van der Waals surface area contributed by atoms with Crippen LogP contribution in [-0.2, 0) is 19.4 Å². The fraction of sp³-hybridized carbons (Fsp3) is 0.600. The first kappa shape index (κ1) is 13.7. The Morgan fingerprint density at radius 3 is 3.00 bits per heavy atom. The van der Waals surface area contributed by atoms with E-state index in [-0.39, 0.29) is 5.56 Å². The van der Waals surface area contributed by atoms with Crippen molar-refractivity contribution in [1.29, 1.82) is 0 Å². The molecular weight excluding hydrogens is 302 g/mol. The number of aryl methyl sites for hydroxylation is 2. The third kappa shape index (κ3) is 2.12. The van der Waals surface area contributed by atoms with Gasteiger partial charge >= 0.3 is 0 Å². The second-order valence-corrected chi connectivity index (χ2v) is 7.68. The van der Waals surface area contributed by atoms with Gasteiger partial charge in [0, 0.05) is 17.5 Å². The number of fused-ring (bicyclic) bond motifs is 3. The molecule has 1 unspecified atom stereocenters. The number of hydrogen-bond acceptors (Lipinski definition) is 4. The Kier molecular flexibility index (Phi) is 3.28. The molecule has 112 valence electrons. The number of aromatic nitrogens is 2. The van der Waals surface area contributed by atoms with E-state index in [1.165, 1.54) is 23.3 Å². The molecule has 1 N–H and O–H groups in total. The monoisotopic (exact) mass is 321 g/mol. The molecule has 3 heterocycles. The number of H-pyrrole nitrogens is 1. The molecule has 4 nitrogen and oxygen atoms in total. The quantitative estimate of drug-likeness (QED) is 0.865. The van der Waals surface area contributed by atoms with Crippen molar-refractivity contribution in [1.82, 2.24) is 14.5 Å². The van der Waals surface area contributed by atoms with Gasteiger partial charge < -0.3 is 9.88 Å². The largest absolute Gasteiger partial charge is 0.323 e. The molecule has 6 heteroatoms. The number of aromatic amines is 1. The van der Waals surface area contributed by atoms with Crippen molar-refractivity contribution in [2.45, 2.75) is 44.7 Å². The third-order valence-corrected chi connectivity index (χ3v) is 6.44. The fourth-order valence-corrected chi connectivity index (χ4v) is 5.30. The summed E-state index contributed by atoms with van der Waals surface area (Å²) >= 11 is 7.16. The van der Waals surface area contributed by atoms with Crippen molar-refractivity contribution in [2.24, 2.45) is 0 Å². The molecule has 1 saturated heterocycles. The molecular formula is C15H19N3OS2. The standard InChI is InChI=1S/C15H19N3OS2/c1-17-7-3-4-9(17)8-18-14(19)12-10-5-2-6-11(10)21-13(12)16-15(18)20/h9H,2-8H2,1H3,(H,16,20). The van der Waals surface area contributed by atoms with Gasteiger partial charge in [0.1, 0.15) is 4.83 Å². The predicted octanol–water partition coefficient (Wildman–Crippen LogP) is 2.70. The van der Waals surface area contributed by atoms with E-state index in [4.69, 9.17) is 12.2 Å². The summed E-state index contributed by atoms with van der Waals surface area (Å²) in [5, 5.41) is 0.904. The van der Waals surface area contributed by atoms with Gasteiger partial charge in [0.2, 0.25) is 0 Å². The third-order valence-electron chi connectivity index (χ3n) is 4.91. The van der Waals surface area contributed by atoms with Crippen LogP contribution in [-0.4, -0.2) is 34.1 Å². The van der Waals surface area contributed by atoms with Crippen LogP contribution in [0.2, 0.25) is 0 Å². The molecule has 2 aliphatic rings. The van der Waals surface area contributed by atoms with Gasteiger partial charge in [-0.2, -0.15) is 0 Å². The van der Waals surface area contributed by atoms with E-state index in [0.717, 1.165) is 36.0 Å². The Bertz CT molecular complexity index is 817. The van der Waals surface area contributed by atoms with Crippen LogP contribution < -0.4 is 5.56 Å². The fourth-order valence-electron chi connectivity index (χ4n) is 3.70. The zero-order valence-electron chi connectivity index (χ0n) is 12.1. The maximum atomic E-state index is 12.9. The van der Waals surface area contributed by atoms with Crippen molar-refractivity contribution in [3.63, 3.8) is 0 Å². The number of nitrogens with zero attached hydrogens (tertiary/aromatic N) is 2. The van der Waals surface area contributed by atoms with E-state index in [2.05, 4.69) is 16.9 Å². The molecule has 1 fully saturated rings. The first-order chi connectivity index (χ1) is 10.1. The molecule has 2 aromatic heterocycles. The minimum atomic E-state index is 0.119. The van der Waals surface area contributed by atoms with Crippen LogP contribution in [0.15, 0.2) is 4.79 Å². The Balaban J connectivity index is 1.85. The Hall–Kier alpha value is -0.980. The molecule has 0 aromatic carbocycles. The zero-order chi connectivity index (χ0) is 14.6. The minimum Gasteiger partial charge on any atom is -0.323 e. The number of likely N-dealkylation sites (tertiary alicyclic amines) is 1. The number of likely N-dealkylation sites (N-methyl/N-ethyl adjacent to an activating group) is 1. The Morgan fingerprint density at radius 2 is 2.24 bits per heavy atom. The highest BCUT2D eigenvalue weighted by Crippen LogP contribution is 2.34. The predicted molar refractivity (Wildman–Crippen MR) is 88.9 cm³/mol. The second kappa shape index (κ2) is 5.04. The average Bonchev–Trinajstić information content (AvgIpc) is 3.10. The summed E-state index contributed by atoms with van der Waals surface area (Å²) in [4.78, 5) is 20.9. The van der Waals surface area contributed by atoms with Crippen LogP contribution in [0, 0.1) is 4.77 Å². The van der Waals surface area contributed by atoms with Crippen LogP contribution in [0.5, 0.6) is 0 Å². The molecule has 0 bridgehead atoms. The Labute approximate surface area is 132 Å². The molecule has 1 aliphatic heterocycles. The van der Waals surface area contributed by atoms with Crippen LogP contribution in [0.4, 0.5) is 0 Å². The van der Waals surface area contributed by atoms with Crippen molar-refractivity contribution < 1.29 is 0 Å². The summed E-state index contributed by atoms with van der Waals surface area (Å²) in [6.07, 6.45) is 5.69. The molecule has 0 radical (unpaired) electrons. The van der Waals surface area contributed by atoms with E-state index in [1.54, 1.807) is 15.9 Å².